The topological polar surface area (TPSA) is 72.3 Å². The molecule has 4 rings (SSSR count). The van der Waals surface area contributed by atoms with Gasteiger partial charge < -0.3 is 19.5 Å². The summed E-state index contributed by atoms with van der Waals surface area (Å²) in [6, 6.07) is 11.4. The lowest BCUT2D eigenvalue weighted by Crippen LogP contribution is -2.33. The Hall–Kier alpha value is -3.00. The zero-order valence-electron chi connectivity index (χ0n) is 17.0. The smallest absolute Gasteiger partial charge is 0.244 e. The van der Waals surface area contributed by atoms with Gasteiger partial charge in [0.05, 0.1) is 6.61 Å². The number of benzene rings is 1. The minimum absolute atomic E-state index is 0.110. The Balaban J connectivity index is 1.45. The number of nitrogens with zero attached hydrogens (tertiary/aromatic N) is 4. The lowest BCUT2D eigenvalue weighted by molar-refractivity contribution is -0.116. The average molecular weight is 424 g/mol. The summed E-state index contributed by atoms with van der Waals surface area (Å²) in [5.41, 5.74) is 1.69. The molecule has 1 N–H and O–H groups in total. The van der Waals surface area contributed by atoms with Gasteiger partial charge in [0.1, 0.15) is 23.9 Å². The maximum Gasteiger partial charge on any atom is 0.244 e. The molecule has 30 heavy (non-hydrogen) atoms. The van der Waals surface area contributed by atoms with Crippen molar-refractivity contribution in [2.75, 3.05) is 41.4 Å². The molecule has 156 valence electrons. The van der Waals surface area contributed by atoms with Gasteiger partial charge in [-0.1, -0.05) is 0 Å². The second-order valence-corrected chi connectivity index (χ2v) is 8.11. The van der Waals surface area contributed by atoms with Crippen LogP contribution in [0, 0.1) is 0 Å². The maximum atomic E-state index is 12.6. The van der Waals surface area contributed by atoms with Crippen LogP contribution in [0.25, 0.3) is 11.4 Å². The van der Waals surface area contributed by atoms with E-state index in [1.807, 2.05) is 66.0 Å². The number of hydrogen-bond donors (Lipinski definition) is 1. The van der Waals surface area contributed by atoms with Crippen LogP contribution in [0.5, 0.6) is 5.75 Å². The minimum Gasteiger partial charge on any atom is -0.494 e. The largest absolute Gasteiger partial charge is 0.494 e. The highest BCUT2D eigenvalue weighted by atomic mass is 32.2. The summed E-state index contributed by atoms with van der Waals surface area (Å²) in [6.07, 6.45) is 5.35. The van der Waals surface area contributed by atoms with Crippen LogP contribution in [0.3, 0.4) is 0 Å². The first-order valence-corrected chi connectivity index (χ1v) is 11.2. The second kappa shape index (κ2) is 9.67. The highest BCUT2D eigenvalue weighted by Crippen LogP contribution is 2.24. The molecular formula is C22H25N5O2S. The summed E-state index contributed by atoms with van der Waals surface area (Å²) in [5, 5.41) is 2.93. The molecule has 0 saturated carbocycles. The predicted molar refractivity (Wildman–Crippen MR) is 121 cm³/mol. The second-order valence-electron chi connectivity index (χ2n) is 6.89. The van der Waals surface area contributed by atoms with E-state index in [-0.39, 0.29) is 12.5 Å². The molecule has 0 aliphatic carbocycles. The first-order chi connectivity index (χ1) is 14.7. The zero-order chi connectivity index (χ0) is 20.8. The third kappa shape index (κ3) is 4.94. The number of thioether (sulfide) groups is 1. The molecule has 1 aliphatic heterocycles. The molecule has 3 heterocycles. The van der Waals surface area contributed by atoms with E-state index in [4.69, 9.17) is 4.74 Å². The van der Waals surface area contributed by atoms with Gasteiger partial charge >= 0.3 is 0 Å². The molecule has 0 unspecified atom stereocenters. The molecular weight excluding hydrogens is 398 g/mol. The number of nitrogens with one attached hydrogen (secondary N) is 1. The fraction of sp³-hybridized carbons (Fsp3) is 0.318. The van der Waals surface area contributed by atoms with Crippen molar-refractivity contribution < 1.29 is 9.53 Å². The molecule has 0 spiro atoms. The Bertz CT molecular complexity index is 983. The van der Waals surface area contributed by atoms with Crippen molar-refractivity contribution in [2.45, 2.75) is 13.5 Å². The molecule has 1 aliphatic rings. The SMILES string of the molecule is CCOc1ccc(NC(=O)Cn2ccnc2-c2ccnc(N3CCSCC3)c2)cc1. The van der Waals surface area contributed by atoms with E-state index in [1.54, 1.807) is 6.20 Å². The van der Waals surface area contributed by atoms with E-state index in [2.05, 4.69) is 26.3 Å². The number of imidazole rings is 1. The Labute approximate surface area is 180 Å². The van der Waals surface area contributed by atoms with E-state index in [1.165, 1.54) is 0 Å². The monoisotopic (exact) mass is 423 g/mol. The van der Waals surface area contributed by atoms with Gasteiger partial charge in [0.2, 0.25) is 5.91 Å². The Morgan fingerprint density at radius 2 is 1.93 bits per heavy atom. The van der Waals surface area contributed by atoms with Crippen molar-refractivity contribution >= 4 is 29.2 Å². The summed E-state index contributed by atoms with van der Waals surface area (Å²) in [7, 11) is 0. The number of pyridine rings is 1. The number of rotatable bonds is 7. The molecule has 0 radical (unpaired) electrons. The third-order valence-corrected chi connectivity index (χ3v) is 5.76. The van der Waals surface area contributed by atoms with Crippen LogP contribution in [0.15, 0.2) is 55.0 Å². The zero-order valence-corrected chi connectivity index (χ0v) is 17.8. The van der Waals surface area contributed by atoms with E-state index in [0.29, 0.717) is 6.61 Å². The van der Waals surface area contributed by atoms with Gasteiger partial charge in [-0.2, -0.15) is 11.8 Å². The lowest BCUT2D eigenvalue weighted by atomic mass is 10.2. The molecule has 0 atom stereocenters. The van der Waals surface area contributed by atoms with Crippen molar-refractivity contribution in [3.05, 3.63) is 55.0 Å². The van der Waals surface area contributed by atoms with Crippen LogP contribution >= 0.6 is 11.8 Å². The fourth-order valence-corrected chi connectivity index (χ4v) is 4.28. The van der Waals surface area contributed by atoms with E-state index >= 15 is 0 Å². The molecule has 1 amide bonds. The van der Waals surface area contributed by atoms with Crippen LogP contribution in [0.4, 0.5) is 11.5 Å². The van der Waals surface area contributed by atoms with Crippen LogP contribution in [0.1, 0.15) is 6.92 Å². The van der Waals surface area contributed by atoms with Gasteiger partial charge in [-0.3, -0.25) is 4.79 Å². The van der Waals surface area contributed by atoms with E-state index in [0.717, 1.165) is 53.2 Å². The number of carbonyl (C=O) groups is 1. The molecule has 3 aromatic rings. The Kier molecular flexibility index (Phi) is 6.53. The van der Waals surface area contributed by atoms with Crippen LogP contribution < -0.4 is 15.0 Å². The lowest BCUT2D eigenvalue weighted by Gasteiger charge is -2.27. The number of carbonyl (C=O) groups excluding carboxylic acids is 1. The third-order valence-electron chi connectivity index (χ3n) is 4.82. The number of amides is 1. The number of ether oxygens (including phenoxy) is 1. The van der Waals surface area contributed by atoms with Gasteiger partial charge in [0, 0.05) is 54.4 Å². The fourth-order valence-electron chi connectivity index (χ4n) is 3.38. The quantitative estimate of drug-likeness (QED) is 0.627. The van der Waals surface area contributed by atoms with Crippen LogP contribution in [-0.2, 0) is 11.3 Å². The number of hydrogen-bond acceptors (Lipinski definition) is 6. The molecule has 1 saturated heterocycles. The van der Waals surface area contributed by atoms with Gasteiger partial charge in [0.25, 0.3) is 0 Å². The first kappa shape index (κ1) is 20.3. The summed E-state index contributed by atoms with van der Waals surface area (Å²) in [6.45, 7) is 4.74. The number of anilines is 2. The molecule has 7 nitrogen and oxygen atoms in total. The summed E-state index contributed by atoms with van der Waals surface area (Å²) < 4.78 is 7.29. The normalized spacial score (nSPS) is 13.8. The van der Waals surface area contributed by atoms with Gasteiger partial charge in [-0.25, -0.2) is 9.97 Å². The minimum atomic E-state index is -0.110. The molecule has 0 bridgehead atoms. The maximum absolute atomic E-state index is 12.6. The summed E-state index contributed by atoms with van der Waals surface area (Å²) in [5.74, 6) is 4.63. The Morgan fingerprint density at radius 3 is 2.70 bits per heavy atom. The van der Waals surface area contributed by atoms with Crippen molar-refractivity contribution in [1.29, 1.82) is 0 Å². The van der Waals surface area contributed by atoms with Crippen LogP contribution in [-0.4, -0.2) is 51.6 Å². The van der Waals surface area contributed by atoms with Crippen molar-refractivity contribution in [3.8, 4) is 17.1 Å². The van der Waals surface area contributed by atoms with Crippen molar-refractivity contribution in [3.63, 3.8) is 0 Å². The average Bonchev–Trinajstić information content (AvgIpc) is 3.24. The molecule has 1 aromatic carbocycles. The number of aromatic nitrogens is 3. The van der Waals surface area contributed by atoms with Crippen LogP contribution in [0.2, 0.25) is 0 Å². The summed E-state index contributed by atoms with van der Waals surface area (Å²) >= 11 is 1.97. The summed E-state index contributed by atoms with van der Waals surface area (Å²) in [4.78, 5) is 23.9. The molecule has 1 fully saturated rings. The molecule has 2 aromatic heterocycles. The molecule has 8 heteroatoms. The van der Waals surface area contributed by atoms with Gasteiger partial charge in [-0.05, 0) is 43.3 Å². The van der Waals surface area contributed by atoms with Crippen molar-refractivity contribution in [2.24, 2.45) is 0 Å². The van der Waals surface area contributed by atoms with Gasteiger partial charge in [-0.15, -0.1) is 0 Å². The highest BCUT2D eigenvalue weighted by molar-refractivity contribution is 7.99. The predicted octanol–water partition coefficient (Wildman–Crippen LogP) is 3.54. The standard InChI is InChI=1S/C22H25N5O2S/c1-2-29-19-5-3-18(4-6-19)25-21(28)16-27-10-9-24-22(27)17-7-8-23-20(15-17)26-11-13-30-14-12-26/h3-10,15H,2,11-14,16H2,1H3,(H,25,28). The first-order valence-electron chi connectivity index (χ1n) is 10.1. The van der Waals surface area contributed by atoms with Crippen molar-refractivity contribution in [1.82, 2.24) is 14.5 Å². The Morgan fingerprint density at radius 1 is 1.13 bits per heavy atom. The van der Waals surface area contributed by atoms with E-state index in [9.17, 15) is 4.79 Å². The highest BCUT2D eigenvalue weighted by Gasteiger charge is 2.15. The van der Waals surface area contributed by atoms with E-state index < -0.39 is 0 Å². The van der Waals surface area contributed by atoms with Gasteiger partial charge in [0.15, 0.2) is 0 Å².